The minimum atomic E-state index is -0.379. The van der Waals surface area contributed by atoms with Crippen LogP contribution in [0.5, 0.6) is 17.2 Å². The molecule has 2 aromatic carbocycles. The second kappa shape index (κ2) is 8.68. The van der Waals surface area contributed by atoms with Gasteiger partial charge in [0.25, 0.3) is 11.8 Å². The Bertz CT molecular complexity index is 967. The van der Waals surface area contributed by atoms with Crippen LogP contribution >= 0.6 is 0 Å². The van der Waals surface area contributed by atoms with Gasteiger partial charge in [-0.1, -0.05) is 25.1 Å². The maximum atomic E-state index is 13.1. The third-order valence-corrected chi connectivity index (χ3v) is 4.66. The van der Waals surface area contributed by atoms with Crippen molar-refractivity contribution in [2.24, 2.45) is 0 Å². The SMILES string of the molecule is CCCN1C(=O)C(Nc2ccc(OC)cc2OC)=C(c2ccccc2OC)C1=O. The average molecular weight is 396 g/mol. The van der Waals surface area contributed by atoms with Crippen LogP contribution in [0.1, 0.15) is 18.9 Å². The summed E-state index contributed by atoms with van der Waals surface area (Å²) in [5, 5.41) is 3.11. The Morgan fingerprint density at radius 3 is 2.28 bits per heavy atom. The number of benzene rings is 2. The van der Waals surface area contributed by atoms with Crippen LogP contribution in [0.3, 0.4) is 0 Å². The molecule has 3 rings (SSSR count). The van der Waals surface area contributed by atoms with Crippen molar-refractivity contribution in [2.45, 2.75) is 13.3 Å². The average Bonchev–Trinajstić information content (AvgIpc) is 2.98. The van der Waals surface area contributed by atoms with Gasteiger partial charge in [-0.25, -0.2) is 0 Å². The molecule has 1 N–H and O–H groups in total. The Hall–Kier alpha value is -3.48. The van der Waals surface area contributed by atoms with Gasteiger partial charge in [0.05, 0.1) is 32.6 Å². The second-order valence-corrected chi connectivity index (χ2v) is 6.40. The number of amides is 2. The van der Waals surface area contributed by atoms with Crippen LogP contribution in [-0.4, -0.2) is 44.6 Å². The zero-order chi connectivity index (χ0) is 21.0. The molecule has 2 aromatic rings. The topological polar surface area (TPSA) is 77.1 Å². The summed E-state index contributed by atoms with van der Waals surface area (Å²) >= 11 is 0. The predicted molar refractivity (Wildman–Crippen MR) is 110 cm³/mol. The number of hydrogen-bond donors (Lipinski definition) is 1. The Morgan fingerprint density at radius 1 is 0.897 bits per heavy atom. The number of hydrogen-bond acceptors (Lipinski definition) is 6. The Labute approximate surface area is 169 Å². The molecule has 1 aliphatic rings. The molecule has 0 saturated heterocycles. The van der Waals surface area contributed by atoms with Gasteiger partial charge in [0, 0.05) is 18.2 Å². The lowest BCUT2D eigenvalue weighted by molar-refractivity contribution is -0.136. The monoisotopic (exact) mass is 396 g/mol. The smallest absolute Gasteiger partial charge is 0.278 e. The van der Waals surface area contributed by atoms with E-state index in [9.17, 15) is 9.59 Å². The fourth-order valence-corrected chi connectivity index (χ4v) is 3.26. The third-order valence-electron chi connectivity index (χ3n) is 4.66. The molecule has 0 aromatic heterocycles. The van der Waals surface area contributed by atoms with Gasteiger partial charge in [-0.15, -0.1) is 0 Å². The molecular formula is C22H24N2O5. The van der Waals surface area contributed by atoms with E-state index in [1.54, 1.807) is 43.5 Å². The maximum Gasteiger partial charge on any atom is 0.278 e. The molecule has 0 aliphatic carbocycles. The van der Waals surface area contributed by atoms with Crippen molar-refractivity contribution in [1.82, 2.24) is 4.90 Å². The van der Waals surface area contributed by atoms with Gasteiger partial charge in [0.2, 0.25) is 0 Å². The van der Waals surface area contributed by atoms with Gasteiger partial charge in [0.15, 0.2) is 0 Å². The number of nitrogens with one attached hydrogen (secondary N) is 1. The lowest BCUT2D eigenvalue weighted by atomic mass is 10.0. The zero-order valence-electron chi connectivity index (χ0n) is 16.9. The highest BCUT2D eigenvalue weighted by atomic mass is 16.5. The minimum Gasteiger partial charge on any atom is -0.497 e. The first-order valence-electron chi connectivity index (χ1n) is 9.28. The number of imide groups is 1. The first-order valence-corrected chi connectivity index (χ1v) is 9.28. The van der Waals surface area contributed by atoms with E-state index in [2.05, 4.69) is 5.32 Å². The summed E-state index contributed by atoms with van der Waals surface area (Å²) in [5.74, 6) is 0.896. The standard InChI is InChI=1S/C22H24N2O5/c1-5-12-24-21(25)19(15-8-6-7-9-17(15)28-3)20(22(24)26)23-16-11-10-14(27-2)13-18(16)29-4/h6-11,13,23H,5,12H2,1-4H3. The quantitative estimate of drug-likeness (QED) is 0.690. The van der Waals surface area contributed by atoms with E-state index in [4.69, 9.17) is 14.2 Å². The first-order chi connectivity index (χ1) is 14.0. The van der Waals surface area contributed by atoms with Crippen molar-refractivity contribution in [3.05, 3.63) is 53.7 Å². The zero-order valence-corrected chi connectivity index (χ0v) is 16.9. The van der Waals surface area contributed by atoms with Crippen molar-refractivity contribution >= 4 is 23.1 Å². The third kappa shape index (κ3) is 3.76. The molecule has 152 valence electrons. The number of para-hydroxylation sites is 1. The molecule has 0 radical (unpaired) electrons. The van der Waals surface area contributed by atoms with Gasteiger partial charge in [-0.2, -0.15) is 0 Å². The fourth-order valence-electron chi connectivity index (χ4n) is 3.26. The fraction of sp³-hybridized carbons (Fsp3) is 0.273. The van der Waals surface area contributed by atoms with Gasteiger partial charge < -0.3 is 19.5 Å². The first kappa shape index (κ1) is 20.3. The molecule has 7 heteroatoms. The van der Waals surface area contributed by atoms with Crippen LogP contribution in [0.15, 0.2) is 48.2 Å². The summed E-state index contributed by atoms with van der Waals surface area (Å²) in [6.07, 6.45) is 0.663. The molecule has 0 saturated carbocycles. The molecule has 2 amide bonds. The summed E-state index contributed by atoms with van der Waals surface area (Å²) in [5.41, 5.74) is 1.58. The summed E-state index contributed by atoms with van der Waals surface area (Å²) in [4.78, 5) is 27.5. The second-order valence-electron chi connectivity index (χ2n) is 6.40. The maximum absolute atomic E-state index is 13.1. The predicted octanol–water partition coefficient (Wildman–Crippen LogP) is 3.31. The number of rotatable bonds is 8. The van der Waals surface area contributed by atoms with Crippen molar-refractivity contribution in [3.8, 4) is 17.2 Å². The molecule has 0 atom stereocenters. The summed E-state index contributed by atoms with van der Waals surface area (Å²) in [6.45, 7) is 2.25. The minimum absolute atomic E-state index is 0.191. The van der Waals surface area contributed by atoms with Crippen molar-refractivity contribution < 1.29 is 23.8 Å². The van der Waals surface area contributed by atoms with E-state index in [-0.39, 0.29) is 23.1 Å². The summed E-state index contributed by atoms with van der Waals surface area (Å²) < 4.78 is 16.1. The van der Waals surface area contributed by atoms with E-state index in [1.807, 2.05) is 13.0 Å². The van der Waals surface area contributed by atoms with Gasteiger partial charge in [-0.3, -0.25) is 14.5 Å². The van der Waals surface area contributed by atoms with Gasteiger partial charge >= 0.3 is 0 Å². The Kier molecular flexibility index (Phi) is 6.07. The highest BCUT2D eigenvalue weighted by Gasteiger charge is 2.40. The van der Waals surface area contributed by atoms with E-state index in [0.29, 0.717) is 41.5 Å². The highest BCUT2D eigenvalue weighted by Crippen LogP contribution is 2.37. The molecule has 7 nitrogen and oxygen atoms in total. The lowest BCUT2D eigenvalue weighted by Gasteiger charge is -2.15. The van der Waals surface area contributed by atoms with E-state index < -0.39 is 0 Å². The van der Waals surface area contributed by atoms with Crippen LogP contribution in [0.2, 0.25) is 0 Å². The summed E-state index contributed by atoms with van der Waals surface area (Å²) in [7, 11) is 4.62. The number of ether oxygens (including phenoxy) is 3. The molecule has 1 heterocycles. The van der Waals surface area contributed by atoms with E-state index >= 15 is 0 Å². The number of carbonyl (C=O) groups is 2. The largest absolute Gasteiger partial charge is 0.497 e. The molecule has 29 heavy (non-hydrogen) atoms. The molecule has 1 aliphatic heterocycles. The van der Waals surface area contributed by atoms with Crippen LogP contribution in [0.25, 0.3) is 5.57 Å². The molecule has 0 spiro atoms. The lowest BCUT2D eigenvalue weighted by Crippen LogP contribution is -2.33. The van der Waals surface area contributed by atoms with Gasteiger partial charge in [0.1, 0.15) is 22.9 Å². The highest BCUT2D eigenvalue weighted by molar-refractivity contribution is 6.37. The van der Waals surface area contributed by atoms with Crippen LogP contribution in [0.4, 0.5) is 5.69 Å². The molecule has 0 unspecified atom stereocenters. The summed E-state index contributed by atoms with van der Waals surface area (Å²) in [6, 6.07) is 12.3. The normalized spacial score (nSPS) is 13.7. The van der Waals surface area contributed by atoms with Gasteiger partial charge in [-0.05, 0) is 24.6 Å². The number of methoxy groups -OCH3 is 3. The molecule has 0 bridgehead atoms. The number of carbonyl (C=O) groups excluding carboxylic acids is 2. The van der Waals surface area contributed by atoms with Crippen molar-refractivity contribution in [1.29, 1.82) is 0 Å². The van der Waals surface area contributed by atoms with Crippen molar-refractivity contribution in [3.63, 3.8) is 0 Å². The number of nitrogens with zero attached hydrogens (tertiary/aromatic N) is 1. The Morgan fingerprint density at radius 2 is 1.62 bits per heavy atom. The van der Waals surface area contributed by atoms with E-state index in [1.165, 1.54) is 19.1 Å². The van der Waals surface area contributed by atoms with E-state index in [0.717, 1.165) is 0 Å². The van der Waals surface area contributed by atoms with Crippen LogP contribution < -0.4 is 19.5 Å². The van der Waals surface area contributed by atoms with Crippen LogP contribution in [-0.2, 0) is 9.59 Å². The van der Waals surface area contributed by atoms with Crippen molar-refractivity contribution in [2.75, 3.05) is 33.2 Å². The molecular weight excluding hydrogens is 372 g/mol. The van der Waals surface area contributed by atoms with Crippen LogP contribution in [0, 0.1) is 0 Å². The Balaban J connectivity index is 2.14. The molecule has 0 fully saturated rings. The number of anilines is 1.